The van der Waals surface area contributed by atoms with Crippen LogP contribution in [0.5, 0.6) is 0 Å². The van der Waals surface area contributed by atoms with Gasteiger partial charge in [-0.3, -0.25) is 9.69 Å². The van der Waals surface area contributed by atoms with Crippen LogP contribution in [0.3, 0.4) is 0 Å². The summed E-state index contributed by atoms with van der Waals surface area (Å²) < 4.78 is 2.00. The average Bonchev–Trinajstić information content (AvgIpc) is 3.22. The van der Waals surface area contributed by atoms with Gasteiger partial charge in [0.25, 0.3) is 5.91 Å². The molecule has 5 heteroatoms. The molecule has 0 atom stereocenters. The summed E-state index contributed by atoms with van der Waals surface area (Å²) in [6.07, 6.45) is 9.37. The average molecular weight is 374 g/mol. The molecule has 1 aliphatic heterocycles. The monoisotopic (exact) mass is 374 g/mol. The number of nitrogens with one attached hydrogen (secondary N) is 1. The van der Waals surface area contributed by atoms with Gasteiger partial charge in [0.15, 0.2) is 0 Å². The van der Waals surface area contributed by atoms with Gasteiger partial charge in [0.1, 0.15) is 0 Å². The molecule has 3 aromatic rings. The van der Waals surface area contributed by atoms with Crippen LogP contribution >= 0.6 is 0 Å². The quantitative estimate of drug-likeness (QED) is 0.704. The van der Waals surface area contributed by atoms with Crippen molar-refractivity contribution in [2.24, 2.45) is 0 Å². The molecule has 144 valence electrons. The Morgan fingerprint density at radius 1 is 0.964 bits per heavy atom. The third kappa shape index (κ3) is 4.87. The van der Waals surface area contributed by atoms with Crippen LogP contribution in [0.2, 0.25) is 0 Å². The fourth-order valence-corrected chi connectivity index (χ4v) is 3.73. The number of benzene rings is 2. The summed E-state index contributed by atoms with van der Waals surface area (Å²) in [6, 6.07) is 15.9. The van der Waals surface area contributed by atoms with Crippen LogP contribution in [0.15, 0.2) is 67.3 Å². The minimum absolute atomic E-state index is 0.0692. The molecule has 0 spiro atoms. The highest BCUT2D eigenvalue weighted by molar-refractivity contribution is 6.04. The van der Waals surface area contributed by atoms with Gasteiger partial charge in [-0.1, -0.05) is 30.7 Å². The lowest BCUT2D eigenvalue weighted by Gasteiger charge is -2.26. The van der Waals surface area contributed by atoms with Crippen LogP contribution in [0.4, 0.5) is 5.69 Å². The van der Waals surface area contributed by atoms with Gasteiger partial charge in [0.2, 0.25) is 0 Å². The molecule has 0 unspecified atom stereocenters. The predicted molar refractivity (Wildman–Crippen MR) is 111 cm³/mol. The molecule has 0 bridgehead atoms. The van der Waals surface area contributed by atoms with Gasteiger partial charge in [-0.25, -0.2) is 4.98 Å². The van der Waals surface area contributed by atoms with Crippen LogP contribution in [0, 0.1) is 0 Å². The summed E-state index contributed by atoms with van der Waals surface area (Å²) in [5, 5.41) is 3.03. The number of likely N-dealkylation sites (tertiary alicyclic amines) is 1. The molecule has 5 nitrogen and oxygen atoms in total. The summed E-state index contributed by atoms with van der Waals surface area (Å²) in [6.45, 7) is 3.96. The maximum absolute atomic E-state index is 12.7. The maximum Gasteiger partial charge on any atom is 0.255 e. The Labute approximate surface area is 166 Å². The Morgan fingerprint density at radius 3 is 2.54 bits per heavy atom. The largest absolute Gasteiger partial charge is 0.333 e. The summed E-state index contributed by atoms with van der Waals surface area (Å²) in [7, 11) is 0. The van der Waals surface area contributed by atoms with Crippen LogP contribution in [-0.4, -0.2) is 33.4 Å². The van der Waals surface area contributed by atoms with Crippen LogP contribution in [0.25, 0.3) is 0 Å². The Morgan fingerprint density at radius 2 is 1.75 bits per heavy atom. The lowest BCUT2D eigenvalue weighted by atomic mass is 10.1. The molecule has 1 N–H and O–H groups in total. The van der Waals surface area contributed by atoms with Gasteiger partial charge in [-0.2, -0.15) is 0 Å². The summed E-state index contributed by atoms with van der Waals surface area (Å²) in [4.78, 5) is 19.3. The molecule has 0 aliphatic carbocycles. The third-order valence-electron chi connectivity index (χ3n) is 5.15. The first-order chi connectivity index (χ1) is 13.8. The zero-order valence-corrected chi connectivity index (χ0v) is 16.1. The molecular formula is C23H26N4O. The van der Waals surface area contributed by atoms with Gasteiger partial charge in [0, 0.05) is 36.7 Å². The SMILES string of the molecule is O=C(Nc1cccc(Cn2ccnc2)c1)c1cccc(CN2CCCCC2)c1. The van der Waals surface area contributed by atoms with Crippen molar-refractivity contribution in [3.63, 3.8) is 0 Å². The predicted octanol–water partition coefficient (Wildman–Crippen LogP) is 4.17. The number of aromatic nitrogens is 2. The maximum atomic E-state index is 12.7. The molecule has 1 fully saturated rings. The van der Waals surface area contributed by atoms with Crippen molar-refractivity contribution in [2.75, 3.05) is 18.4 Å². The van der Waals surface area contributed by atoms with Gasteiger partial charge < -0.3 is 9.88 Å². The number of rotatable bonds is 6. The molecule has 1 amide bonds. The van der Waals surface area contributed by atoms with Crippen molar-refractivity contribution in [3.8, 4) is 0 Å². The van der Waals surface area contributed by atoms with E-state index in [1.54, 1.807) is 12.5 Å². The van der Waals surface area contributed by atoms with Gasteiger partial charge in [0.05, 0.1) is 6.33 Å². The van der Waals surface area contributed by atoms with E-state index in [0.29, 0.717) is 5.56 Å². The van der Waals surface area contributed by atoms with Crippen molar-refractivity contribution in [1.82, 2.24) is 14.5 Å². The van der Waals surface area contributed by atoms with Gasteiger partial charge >= 0.3 is 0 Å². The molecule has 0 saturated carbocycles. The third-order valence-corrected chi connectivity index (χ3v) is 5.15. The van der Waals surface area contributed by atoms with Gasteiger partial charge in [-0.05, 0) is 61.3 Å². The molecule has 0 radical (unpaired) electrons. The number of carbonyl (C=O) groups excluding carboxylic acids is 1. The summed E-state index contributed by atoms with van der Waals surface area (Å²) in [5.41, 5.74) is 3.83. The van der Waals surface area contributed by atoms with E-state index >= 15 is 0 Å². The first-order valence-electron chi connectivity index (χ1n) is 9.94. The van der Waals surface area contributed by atoms with Crippen molar-refractivity contribution in [2.45, 2.75) is 32.4 Å². The van der Waals surface area contributed by atoms with E-state index in [-0.39, 0.29) is 5.91 Å². The van der Waals surface area contributed by atoms with Crippen LogP contribution in [0.1, 0.15) is 40.7 Å². The molecule has 4 rings (SSSR count). The molecule has 2 aromatic carbocycles. The molecule has 1 aromatic heterocycles. The summed E-state index contributed by atoms with van der Waals surface area (Å²) >= 11 is 0. The minimum Gasteiger partial charge on any atom is -0.333 e. The number of nitrogens with zero attached hydrogens (tertiary/aromatic N) is 3. The lowest BCUT2D eigenvalue weighted by Crippen LogP contribution is -2.29. The van der Waals surface area contributed by atoms with E-state index in [1.165, 1.54) is 24.8 Å². The Balaban J connectivity index is 1.41. The standard InChI is InChI=1S/C23H26N4O/c28-23(21-8-4-6-19(14-21)16-26-11-2-1-3-12-26)25-22-9-5-7-20(15-22)17-27-13-10-24-18-27/h4-10,13-15,18H,1-3,11-12,16-17H2,(H,25,28). The normalized spacial score (nSPS) is 14.7. The van der Waals surface area contributed by atoms with Crippen molar-refractivity contribution < 1.29 is 4.79 Å². The van der Waals surface area contributed by atoms with E-state index < -0.39 is 0 Å². The number of hydrogen-bond acceptors (Lipinski definition) is 3. The number of amides is 1. The van der Waals surface area contributed by atoms with Crippen molar-refractivity contribution in [1.29, 1.82) is 0 Å². The summed E-state index contributed by atoms with van der Waals surface area (Å²) in [5.74, 6) is -0.0692. The zero-order valence-electron chi connectivity index (χ0n) is 16.1. The molecular weight excluding hydrogens is 348 g/mol. The number of hydrogen-bond donors (Lipinski definition) is 1. The van der Waals surface area contributed by atoms with E-state index in [9.17, 15) is 4.79 Å². The van der Waals surface area contributed by atoms with E-state index in [1.807, 2.05) is 47.2 Å². The van der Waals surface area contributed by atoms with E-state index in [0.717, 1.165) is 37.4 Å². The number of anilines is 1. The smallest absolute Gasteiger partial charge is 0.255 e. The number of imidazole rings is 1. The zero-order chi connectivity index (χ0) is 19.2. The van der Waals surface area contributed by atoms with Crippen LogP contribution < -0.4 is 5.32 Å². The fraction of sp³-hybridized carbons (Fsp3) is 0.304. The molecule has 2 heterocycles. The number of piperidine rings is 1. The highest BCUT2D eigenvalue weighted by Gasteiger charge is 2.12. The first-order valence-corrected chi connectivity index (χ1v) is 9.94. The first kappa shape index (κ1) is 18.4. The topological polar surface area (TPSA) is 50.2 Å². The molecule has 1 aliphatic rings. The number of carbonyl (C=O) groups is 1. The highest BCUT2D eigenvalue weighted by atomic mass is 16.1. The highest BCUT2D eigenvalue weighted by Crippen LogP contribution is 2.16. The molecule has 1 saturated heterocycles. The second-order valence-electron chi connectivity index (χ2n) is 7.43. The lowest BCUT2D eigenvalue weighted by molar-refractivity contribution is 0.102. The Bertz CT molecular complexity index is 914. The minimum atomic E-state index is -0.0692. The van der Waals surface area contributed by atoms with E-state index in [2.05, 4.69) is 27.3 Å². The van der Waals surface area contributed by atoms with Gasteiger partial charge in [-0.15, -0.1) is 0 Å². The fourth-order valence-electron chi connectivity index (χ4n) is 3.73. The van der Waals surface area contributed by atoms with Crippen LogP contribution in [-0.2, 0) is 13.1 Å². The second-order valence-corrected chi connectivity index (χ2v) is 7.43. The Hall–Kier alpha value is -2.92. The van der Waals surface area contributed by atoms with E-state index in [4.69, 9.17) is 0 Å². The Kier molecular flexibility index (Phi) is 5.83. The second kappa shape index (κ2) is 8.85. The van der Waals surface area contributed by atoms with Crippen molar-refractivity contribution in [3.05, 3.63) is 83.9 Å². The molecule has 28 heavy (non-hydrogen) atoms. The van der Waals surface area contributed by atoms with Crippen molar-refractivity contribution >= 4 is 11.6 Å².